The molecule has 0 saturated carbocycles. The summed E-state index contributed by atoms with van der Waals surface area (Å²) in [6, 6.07) is 5.49. The molecule has 2 N–H and O–H groups in total. The Morgan fingerprint density at radius 3 is 3.00 bits per heavy atom. The van der Waals surface area contributed by atoms with Crippen LogP contribution in [0.5, 0.6) is 5.75 Å². The quantitative estimate of drug-likeness (QED) is 0.748. The van der Waals surface area contributed by atoms with Gasteiger partial charge in [0, 0.05) is 25.2 Å². The van der Waals surface area contributed by atoms with Gasteiger partial charge in [-0.1, -0.05) is 6.92 Å². The van der Waals surface area contributed by atoms with Crippen molar-refractivity contribution < 1.29 is 9.53 Å². The first kappa shape index (κ1) is 15.8. The monoisotopic (exact) mass is 291 g/mol. The van der Waals surface area contributed by atoms with Gasteiger partial charge in [-0.15, -0.1) is 0 Å². The highest BCUT2D eigenvalue weighted by Crippen LogP contribution is 2.28. The van der Waals surface area contributed by atoms with Crippen molar-refractivity contribution >= 4 is 11.5 Å². The molecule has 1 aliphatic heterocycles. The zero-order chi connectivity index (χ0) is 15.2. The number of fused-ring (bicyclic) bond motifs is 1. The number of likely N-dealkylation sites (N-methyl/N-ethyl adjacent to an activating group) is 1. The van der Waals surface area contributed by atoms with Gasteiger partial charge in [-0.3, -0.25) is 4.79 Å². The molecule has 0 radical (unpaired) electrons. The third-order valence-corrected chi connectivity index (χ3v) is 3.61. The van der Waals surface area contributed by atoms with E-state index in [1.807, 2.05) is 39.2 Å². The zero-order valence-electron chi connectivity index (χ0n) is 13.1. The van der Waals surface area contributed by atoms with Crippen molar-refractivity contribution in [1.82, 2.24) is 10.2 Å². The van der Waals surface area contributed by atoms with Crippen LogP contribution < -0.4 is 15.4 Å². The summed E-state index contributed by atoms with van der Waals surface area (Å²) >= 11 is 0. The first-order chi connectivity index (χ1) is 10.1. The number of ether oxygens (including phenoxy) is 1. The van der Waals surface area contributed by atoms with Gasteiger partial charge in [-0.2, -0.15) is 0 Å². The van der Waals surface area contributed by atoms with Crippen molar-refractivity contribution in [2.24, 2.45) is 0 Å². The zero-order valence-corrected chi connectivity index (χ0v) is 13.1. The van der Waals surface area contributed by atoms with Crippen LogP contribution >= 0.6 is 0 Å². The third kappa shape index (κ3) is 4.19. The molecule has 116 valence electrons. The molecule has 0 aliphatic carbocycles. The number of carbonyl (C=O) groups excluding carboxylic acids is 1. The van der Waals surface area contributed by atoms with Crippen LogP contribution in [0.3, 0.4) is 0 Å². The lowest BCUT2D eigenvalue weighted by atomic mass is 10.0. The van der Waals surface area contributed by atoms with Crippen LogP contribution in [0.4, 0.5) is 5.69 Å². The molecular weight excluding hydrogens is 266 g/mol. The minimum atomic E-state index is -0.132. The smallest absolute Gasteiger partial charge is 0.179 e. The molecule has 0 saturated heterocycles. The lowest BCUT2D eigenvalue weighted by molar-refractivity contribution is 0.0939. The van der Waals surface area contributed by atoms with Crippen molar-refractivity contribution in [3.8, 4) is 5.75 Å². The lowest BCUT2D eigenvalue weighted by Gasteiger charge is -2.21. The van der Waals surface area contributed by atoms with Gasteiger partial charge >= 0.3 is 0 Å². The van der Waals surface area contributed by atoms with Crippen molar-refractivity contribution in [2.45, 2.75) is 19.4 Å². The average Bonchev–Trinajstić information content (AvgIpc) is 2.50. The highest BCUT2D eigenvalue weighted by atomic mass is 16.5. The highest BCUT2D eigenvalue weighted by molar-refractivity contribution is 6.01. The fourth-order valence-corrected chi connectivity index (χ4v) is 2.38. The van der Waals surface area contributed by atoms with Crippen molar-refractivity contribution in [2.75, 3.05) is 45.7 Å². The number of benzene rings is 1. The van der Waals surface area contributed by atoms with E-state index in [1.165, 1.54) is 0 Å². The summed E-state index contributed by atoms with van der Waals surface area (Å²) in [6.45, 7) is 5.21. The highest BCUT2D eigenvalue weighted by Gasteiger charge is 2.20. The lowest BCUT2D eigenvalue weighted by Crippen LogP contribution is -2.39. The molecule has 1 aliphatic rings. The number of ketones is 1. The van der Waals surface area contributed by atoms with Crippen LogP contribution in [0.2, 0.25) is 0 Å². The minimum absolute atomic E-state index is 0.132. The van der Waals surface area contributed by atoms with Crippen LogP contribution in [-0.4, -0.2) is 57.1 Å². The first-order valence-corrected chi connectivity index (χ1v) is 7.55. The van der Waals surface area contributed by atoms with E-state index in [4.69, 9.17) is 4.74 Å². The molecule has 0 aromatic heterocycles. The Kier molecular flexibility index (Phi) is 5.59. The summed E-state index contributed by atoms with van der Waals surface area (Å²) in [5.41, 5.74) is 1.64. The standard InChI is InChI=1S/C16H25N3O2/c1-4-13(17-7-9-19(2)3)16(20)12-5-6-15-14(11-12)18-8-10-21-15/h5-6,11,13,17-18H,4,7-10H2,1-3H3. The minimum Gasteiger partial charge on any atom is -0.490 e. The number of nitrogens with zero attached hydrogens (tertiary/aromatic N) is 1. The van der Waals surface area contributed by atoms with Gasteiger partial charge < -0.3 is 20.3 Å². The molecule has 5 nitrogen and oxygen atoms in total. The normalized spacial score (nSPS) is 15.0. The van der Waals surface area contributed by atoms with Gasteiger partial charge in [0.2, 0.25) is 0 Å². The summed E-state index contributed by atoms with van der Waals surface area (Å²) in [5, 5.41) is 6.60. The summed E-state index contributed by atoms with van der Waals surface area (Å²) < 4.78 is 5.54. The molecule has 1 heterocycles. The van der Waals surface area contributed by atoms with Gasteiger partial charge in [-0.05, 0) is 38.7 Å². The topological polar surface area (TPSA) is 53.6 Å². The van der Waals surface area contributed by atoms with Crippen molar-refractivity contribution in [3.63, 3.8) is 0 Å². The van der Waals surface area contributed by atoms with Crippen molar-refractivity contribution in [1.29, 1.82) is 0 Å². The second-order valence-electron chi connectivity index (χ2n) is 5.57. The first-order valence-electron chi connectivity index (χ1n) is 7.55. The van der Waals surface area contributed by atoms with Crippen LogP contribution in [0.25, 0.3) is 0 Å². The van der Waals surface area contributed by atoms with E-state index in [-0.39, 0.29) is 11.8 Å². The molecule has 1 aromatic rings. The van der Waals surface area contributed by atoms with Gasteiger partial charge in [0.25, 0.3) is 0 Å². The number of Topliss-reactive ketones (excluding diaryl/α,β-unsaturated/α-hetero) is 1. The predicted molar refractivity (Wildman–Crippen MR) is 85.4 cm³/mol. The Labute approximate surface area is 126 Å². The number of carbonyl (C=O) groups is 1. The van der Waals surface area contributed by atoms with E-state index in [1.54, 1.807) is 0 Å². The van der Waals surface area contributed by atoms with Crippen LogP contribution in [0, 0.1) is 0 Å². The molecule has 0 fully saturated rings. The number of nitrogens with one attached hydrogen (secondary N) is 2. The Bertz CT molecular complexity index is 488. The third-order valence-electron chi connectivity index (χ3n) is 3.61. The van der Waals surface area contributed by atoms with Crippen molar-refractivity contribution in [3.05, 3.63) is 23.8 Å². The average molecular weight is 291 g/mol. The Morgan fingerprint density at radius 2 is 2.29 bits per heavy atom. The Hall–Kier alpha value is -1.59. The Morgan fingerprint density at radius 1 is 1.48 bits per heavy atom. The summed E-state index contributed by atoms with van der Waals surface area (Å²) in [6.07, 6.45) is 0.785. The number of hydrogen-bond donors (Lipinski definition) is 2. The van der Waals surface area contributed by atoms with Crippen LogP contribution in [0.15, 0.2) is 18.2 Å². The fraction of sp³-hybridized carbons (Fsp3) is 0.562. The molecule has 1 atom stereocenters. The molecule has 0 bridgehead atoms. The van der Waals surface area contributed by atoms with Gasteiger partial charge in [0.1, 0.15) is 12.4 Å². The maximum atomic E-state index is 12.6. The van der Waals surface area contributed by atoms with E-state index >= 15 is 0 Å². The maximum Gasteiger partial charge on any atom is 0.179 e. The molecule has 1 unspecified atom stereocenters. The summed E-state index contributed by atoms with van der Waals surface area (Å²) in [5.74, 6) is 0.970. The predicted octanol–water partition coefficient (Wildman–Crippen LogP) is 1.60. The van der Waals surface area contributed by atoms with Crippen LogP contribution in [-0.2, 0) is 0 Å². The summed E-state index contributed by atoms with van der Waals surface area (Å²) in [7, 11) is 4.05. The second kappa shape index (κ2) is 7.43. The number of rotatable bonds is 7. The number of anilines is 1. The molecule has 21 heavy (non-hydrogen) atoms. The Balaban J connectivity index is 2.03. The van der Waals surface area contributed by atoms with E-state index < -0.39 is 0 Å². The molecule has 0 amide bonds. The van der Waals surface area contributed by atoms with Crippen LogP contribution in [0.1, 0.15) is 23.7 Å². The van der Waals surface area contributed by atoms with E-state index in [0.717, 1.165) is 43.1 Å². The van der Waals surface area contributed by atoms with Gasteiger partial charge in [0.15, 0.2) is 5.78 Å². The SMILES string of the molecule is CCC(NCCN(C)C)C(=O)c1ccc2c(c1)NCCO2. The molecule has 0 spiro atoms. The molecule has 2 rings (SSSR count). The largest absolute Gasteiger partial charge is 0.490 e. The fourth-order valence-electron chi connectivity index (χ4n) is 2.38. The maximum absolute atomic E-state index is 12.6. The van der Waals surface area contributed by atoms with Gasteiger partial charge in [0.05, 0.1) is 11.7 Å². The number of hydrogen-bond acceptors (Lipinski definition) is 5. The van der Waals surface area contributed by atoms with E-state index in [9.17, 15) is 4.79 Å². The molecular formula is C16H25N3O2. The van der Waals surface area contributed by atoms with E-state index in [0.29, 0.717) is 6.61 Å². The van der Waals surface area contributed by atoms with E-state index in [2.05, 4.69) is 15.5 Å². The summed E-state index contributed by atoms with van der Waals surface area (Å²) in [4.78, 5) is 14.7. The van der Waals surface area contributed by atoms with Gasteiger partial charge in [-0.25, -0.2) is 0 Å². The molecule has 5 heteroatoms. The second-order valence-corrected chi connectivity index (χ2v) is 5.57. The molecule has 1 aromatic carbocycles.